The third-order valence-electron chi connectivity index (χ3n) is 5.69. The van der Waals surface area contributed by atoms with E-state index in [4.69, 9.17) is 4.74 Å². The summed E-state index contributed by atoms with van der Waals surface area (Å²) in [6, 6.07) is 13.3. The van der Waals surface area contributed by atoms with Crippen molar-refractivity contribution in [2.24, 2.45) is 0 Å². The average Bonchev–Trinajstić information content (AvgIpc) is 3.34. The molecule has 30 heavy (non-hydrogen) atoms. The van der Waals surface area contributed by atoms with Gasteiger partial charge in [-0.05, 0) is 62.4 Å². The fourth-order valence-electron chi connectivity index (χ4n) is 4.23. The molecule has 2 aromatic rings. The van der Waals surface area contributed by atoms with Crippen molar-refractivity contribution in [2.75, 3.05) is 24.6 Å². The van der Waals surface area contributed by atoms with E-state index in [1.165, 1.54) is 4.90 Å². The minimum atomic E-state index is -0.254. The SMILES string of the molecule is CCCOc1ccc(C2=C(N3CCCC3)C(=O)N(c3ccc(C)cc3C)C2=O)cc1. The van der Waals surface area contributed by atoms with Gasteiger partial charge in [0, 0.05) is 13.1 Å². The van der Waals surface area contributed by atoms with Crippen molar-refractivity contribution < 1.29 is 14.3 Å². The van der Waals surface area contributed by atoms with Crippen LogP contribution in [0.4, 0.5) is 5.69 Å². The van der Waals surface area contributed by atoms with Gasteiger partial charge in [-0.1, -0.05) is 36.8 Å². The second-order valence-corrected chi connectivity index (χ2v) is 8.03. The molecule has 0 saturated carbocycles. The fraction of sp³-hybridized carbons (Fsp3) is 0.360. The van der Waals surface area contributed by atoms with Crippen LogP contribution in [0.2, 0.25) is 0 Å². The monoisotopic (exact) mass is 404 g/mol. The predicted molar refractivity (Wildman–Crippen MR) is 118 cm³/mol. The van der Waals surface area contributed by atoms with E-state index in [-0.39, 0.29) is 11.8 Å². The van der Waals surface area contributed by atoms with Gasteiger partial charge in [0.15, 0.2) is 0 Å². The van der Waals surface area contributed by atoms with Crippen LogP contribution in [0, 0.1) is 13.8 Å². The Bertz CT molecular complexity index is 1000. The number of likely N-dealkylation sites (tertiary alicyclic amines) is 1. The van der Waals surface area contributed by atoms with Crippen LogP contribution in [-0.2, 0) is 9.59 Å². The van der Waals surface area contributed by atoms with Crippen molar-refractivity contribution in [3.63, 3.8) is 0 Å². The van der Waals surface area contributed by atoms with Crippen molar-refractivity contribution in [2.45, 2.75) is 40.0 Å². The number of rotatable bonds is 6. The van der Waals surface area contributed by atoms with E-state index < -0.39 is 0 Å². The number of hydrogen-bond acceptors (Lipinski definition) is 4. The van der Waals surface area contributed by atoms with Gasteiger partial charge in [0.05, 0.1) is 17.9 Å². The summed E-state index contributed by atoms with van der Waals surface area (Å²) in [5.74, 6) is 0.290. The zero-order chi connectivity index (χ0) is 21.3. The number of imide groups is 1. The molecule has 0 bridgehead atoms. The molecule has 2 heterocycles. The number of ether oxygens (including phenoxy) is 1. The van der Waals surface area contributed by atoms with Crippen molar-refractivity contribution >= 4 is 23.1 Å². The van der Waals surface area contributed by atoms with Crippen LogP contribution in [0.5, 0.6) is 5.75 Å². The minimum Gasteiger partial charge on any atom is -0.494 e. The Kier molecular flexibility index (Phi) is 5.62. The molecule has 5 heteroatoms. The molecule has 0 N–H and O–H groups in total. The molecule has 0 aromatic heterocycles. The third kappa shape index (κ3) is 3.60. The van der Waals surface area contributed by atoms with E-state index >= 15 is 0 Å². The van der Waals surface area contributed by atoms with Gasteiger partial charge in [-0.25, -0.2) is 4.90 Å². The van der Waals surface area contributed by atoms with Gasteiger partial charge in [0.2, 0.25) is 0 Å². The summed E-state index contributed by atoms with van der Waals surface area (Å²) in [5, 5.41) is 0. The Morgan fingerprint density at radius 2 is 1.63 bits per heavy atom. The zero-order valence-corrected chi connectivity index (χ0v) is 17.9. The second kappa shape index (κ2) is 8.34. The second-order valence-electron chi connectivity index (χ2n) is 8.03. The average molecular weight is 405 g/mol. The highest BCUT2D eigenvalue weighted by molar-refractivity contribution is 6.45. The van der Waals surface area contributed by atoms with Crippen LogP contribution in [0.25, 0.3) is 5.57 Å². The first-order valence-corrected chi connectivity index (χ1v) is 10.7. The minimum absolute atomic E-state index is 0.227. The molecular weight excluding hydrogens is 376 g/mol. The lowest BCUT2D eigenvalue weighted by atomic mass is 10.0. The van der Waals surface area contributed by atoms with Gasteiger partial charge in [0.1, 0.15) is 11.4 Å². The highest BCUT2D eigenvalue weighted by atomic mass is 16.5. The Labute approximate surface area is 177 Å². The number of benzene rings is 2. The Morgan fingerprint density at radius 3 is 2.27 bits per heavy atom. The number of hydrogen-bond donors (Lipinski definition) is 0. The highest BCUT2D eigenvalue weighted by Gasteiger charge is 2.43. The number of anilines is 1. The molecule has 2 aromatic carbocycles. The molecule has 1 saturated heterocycles. The molecule has 2 aliphatic heterocycles. The largest absolute Gasteiger partial charge is 0.494 e. The standard InChI is InChI=1S/C25H28N2O3/c1-4-15-30-20-10-8-19(9-11-20)22-23(26-13-5-6-14-26)25(29)27(24(22)28)21-12-7-17(2)16-18(21)3/h7-12,16H,4-6,13-15H2,1-3H3. The molecule has 5 nitrogen and oxygen atoms in total. The molecule has 0 aliphatic carbocycles. The number of aryl methyl sites for hydroxylation is 2. The molecule has 156 valence electrons. The maximum absolute atomic E-state index is 13.6. The molecule has 0 spiro atoms. The first-order chi connectivity index (χ1) is 14.5. The summed E-state index contributed by atoms with van der Waals surface area (Å²) in [5.41, 5.74) is 4.45. The van der Waals surface area contributed by atoms with Crippen LogP contribution in [0.15, 0.2) is 48.2 Å². The highest BCUT2D eigenvalue weighted by Crippen LogP contribution is 2.37. The fourth-order valence-corrected chi connectivity index (χ4v) is 4.23. The molecule has 2 amide bonds. The topological polar surface area (TPSA) is 49.9 Å². The van der Waals surface area contributed by atoms with Crippen molar-refractivity contribution in [1.29, 1.82) is 0 Å². The van der Waals surface area contributed by atoms with Gasteiger partial charge in [-0.2, -0.15) is 0 Å². The summed E-state index contributed by atoms with van der Waals surface area (Å²) in [6.45, 7) is 8.26. The lowest BCUT2D eigenvalue weighted by Gasteiger charge is -2.21. The normalized spacial score (nSPS) is 16.8. The molecule has 0 atom stereocenters. The van der Waals surface area contributed by atoms with E-state index in [0.29, 0.717) is 23.6 Å². The van der Waals surface area contributed by atoms with E-state index in [2.05, 4.69) is 11.8 Å². The van der Waals surface area contributed by atoms with E-state index in [1.807, 2.05) is 56.3 Å². The van der Waals surface area contributed by atoms with E-state index in [1.54, 1.807) is 0 Å². The van der Waals surface area contributed by atoms with Gasteiger partial charge in [0.25, 0.3) is 11.8 Å². The Morgan fingerprint density at radius 1 is 0.933 bits per heavy atom. The van der Waals surface area contributed by atoms with Crippen LogP contribution in [0.1, 0.15) is 42.9 Å². The van der Waals surface area contributed by atoms with Gasteiger partial charge < -0.3 is 9.64 Å². The van der Waals surface area contributed by atoms with Crippen molar-refractivity contribution in [3.8, 4) is 5.75 Å². The number of carbonyl (C=O) groups excluding carboxylic acids is 2. The molecular formula is C25H28N2O3. The molecule has 0 unspecified atom stereocenters. The van der Waals surface area contributed by atoms with Crippen LogP contribution < -0.4 is 9.64 Å². The predicted octanol–water partition coefficient (Wildman–Crippen LogP) is 4.47. The zero-order valence-electron chi connectivity index (χ0n) is 17.9. The third-order valence-corrected chi connectivity index (χ3v) is 5.69. The number of amides is 2. The summed E-state index contributed by atoms with van der Waals surface area (Å²) in [7, 11) is 0. The number of nitrogens with zero attached hydrogens (tertiary/aromatic N) is 2. The molecule has 0 radical (unpaired) electrons. The first kappa shape index (κ1) is 20.2. The van der Waals surface area contributed by atoms with E-state index in [9.17, 15) is 9.59 Å². The smallest absolute Gasteiger partial charge is 0.282 e. The maximum atomic E-state index is 13.6. The van der Waals surface area contributed by atoms with Crippen LogP contribution >= 0.6 is 0 Å². The van der Waals surface area contributed by atoms with Crippen LogP contribution in [0.3, 0.4) is 0 Å². The lowest BCUT2D eigenvalue weighted by Crippen LogP contribution is -2.35. The molecule has 4 rings (SSSR count). The quantitative estimate of drug-likeness (QED) is 0.667. The maximum Gasteiger partial charge on any atom is 0.282 e. The summed E-state index contributed by atoms with van der Waals surface area (Å²) >= 11 is 0. The van der Waals surface area contributed by atoms with Crippen LogP contribution in [-0.4, -0.2) is 36.4 Å². The van der Waals surface area contributed by atoms with E-state index in [0.717, 1.165) is 54.8 Å². The Hall–Kier alpha value is -3.08. The Balaban J connectivity index is 1.76. The number of carbonyl (C=O) groups is 2. The summed E-state index contributed by atoms with van der Waals surface area (Å²) < 4.78 is 5.68. The first-order valence-electron chi connectivity index (χ1n) is 10.7. The van der Waals surface area contributed by atoms with Crippen molar-refractivity contribution in [3.05, 3.63) is 64.9 Å². The summed E-state index contributed by atoms with van der Waals surface area (Å²) in [6.07, 6.45) is 3.00. The van der Waals surface area contributed by atoms with Crippen molar-refractivity contribution in [1.82, 2.24) is 4.90 Å². The molecule has 1 fully saturated rings. The lowest BCUT2D eigenvalue weighted by molar-refractivity contribution is -0.120. The summed E-state index contributed by atoms with van der Waals surface area (Å²) in [4.78, 5) is 30.5. The van der Waals surface area contributed by atoms with Gasteiger partial charge >= 0.3 is 0 Å². The molecule has 2 aliphatic rings. The van der Waals surface area contributed by atoms with Gasteiger partial charge in [-0.15, -0.1) is 0 Å². The van der Waals surface area contributed by atoms with Gasteiger partial charge in [-0.3, -0.25) is 9.59 Å².